The summed E-state index contributed by atoms with van der Waals surface area (Å²) >= 11 is 1.10. The third-order valence-corrected chi connectivity index (χ3v) is 3.71. The summed E-state index contributed by atoms with van der Waals surface area (Å²) in [6.45, 7) is -1.35. The molecule has 22 heavy (non-hydrogen) atoms. The van der Waals surface area contributed by atoms with E-state index in [9.17, 15) is 22.4 Å². The number of alkyl halides is 3. The van der Waals surface area contributed by atoms with Gasteiger partial charge in [0.2, 0.25) is 5.91 Å². The minimum absolute atomic E-state index is 0.138. The highest BCUT2D eigenvalue weighted by Crippen LogP contribution is 2.22. The number of carbonyl (C=O) groups is 1. The maximum atomic E-state index is 13.5. The first kappa shape index (κ1) is 16.5. The number of rotatable bonds is 5. The Hall–Kier alpha value is -1.83. The molecule has 0 radical (unpaired) electrons. The summed E-state index contributed by atoms with van der Waals surface area (Å²) in [4.78, 5) is 15.4. The summed E-state index contributed by atoms with van der Waals surface area (Å²) < 4.78 is 49.3. The molecule has 0 aliphatic heterocycles. The van der Waals surface area contributed by atoms with E-state index in [0.717, 1.165) is 11.8 Å². The third kappa shape index (κ3) is 4.87. The molecule has 0 atom stereocenters. The topological polar surface area (TPSA) is 42.0 Å². The van der Waals surface area contributed by atoms with E-state index < -0.39 is 24.4 Å². The van der Waals surface area contributed by atoms with Crippen LogP contribution in [-0.2, 0) is 10.5 Å². The molecular formula is C14H12F4N2OS. The van der Waals surface area contributed by atoms with Crippen LogP contribution in [0, 0.1) is 5.82 Å². The number of hydrogen-bond donors (Lipinski definition) is 1. The number of nitrogens with one attached hydrogen (secondary N) is 1. The number of carbonyl (C=O) groups excluding carboxylic acids is 1. The van der Waals surface area contributed by atoms with Crippen molar-refractivity contribution in [2.24, 2.45) is 0 Å². The smallest absolute Gasteiger partial charge is 0.346 e. The lowest BCUT2D eigenvalue weighted by atomic mass is 10.1. The van der Waals surface area contributed by atoms with Crippen molar-refractivity contribution >= 4 is 28.6 Å². The summed E-state index contributed by atoms with van der Waals surface area (Å²) in [6, 6.07) is 6.07. The van der Waals surface area contributed by atoms with Gasteiger partial charge in [-0.25, -0.2) is 4.39 Å². The van der Waals surface area contributed by atoms with Crippen LogP contribution in [0.5, 0.6) is 0 Å². The Bertz CT molecular complexity index is 675. The Morgan fingerprint density at radius 3 is 2.82 bits per heavy atom. The van der Waals surface area contributed by atoms with Crippen molar-refractivity contribution in [2.75, 3.05) is 12.3 Å². The molecule has 118 valence electrons. The molecule has 0 saturated heterocycles. The first-order valence-electron chi connectivity index (χ1n) is 6.29. The maximum Gasteiger partial charge on any atom is 0.405 e. The van der Waals surface area contributed by atoms with Gasteiger partial charge in [-0.05, 0) is 23.8 Å². The quantitative estimate of drug-likeness (QED) is 0.855. The van der Waals surface area contributed by atoms with Gasteiger partial charge in [0.05, 0.1) is 11.3 Å². The highest BCUT2D eigenvalue weighted by molar-refractivity contribution is 7.99. The first-order valence-corrected chi connectivity index (χ1v) is 7.45. The van der Waals surface area contributed by atoms with Crippen LogP contribution in [-0.4, -0.2) is 29.4 Å². The molecule has 0 aliphatic rings. The molecule has 1 amide bonds. The second kappa shape index (κ2) is 6.95. The standard InChI is InChI=1S/C14H12F4N2OS/c15-11-4-9-2-1-3-19-13(9)10(5-11)6-22-7-12(21)20-8-14(16,17)18/h1-5H,6-8H2,(H,20,21). The van der Waals surface area contributed by atoms with E-state index in [0.29, 0.717) is 16.5 Å². The Balaban J connectivity index is 1.94. The van der Waals surface area contributed by atoms with E-state index in [-0.39, 0.29) is 11.5 Å². The van der Waals surface area contributed by atoms with E-state index in [1.165, 1.54) is 12.1 Å². The minimum Gasteiger partial charge on any atom is -0.346 e. The van der Waals surface area contributed by atoms with E-state index in [1.54, 1.807) is 23.6 Å². The molecule has 1 aromatic carbocycles. The van der Waals surface area contributed by atoms with Crippen LogP contribution in [0.2, 0.25) is 0 Å². The zero-order valence-electron chi connectivity index (χ0n) is 11.3. The fourth-order valence-corrected chi connectivity index (χ4v) is 2.67. The Kier molecular flexibility index (Phi) is 5.23. The largest absolute Gasteiger partial charge is 0.405 e. The highest BCUT2D eigenvalue weighted by Gasteiger charge is 2.27. The minimum atomic E-state index is -4.43. The van der Waals surface area contributed by atoms with E-state index in [2.05, 4.69) is 4.98 Å². The molecule has 8 heteroatoms. The molecular weight excluding hydrogens is 320 g/mol. The number of fused-ring (bicyclic) bond motifs is 1. The summed E-state index contributed by atoms with van der Waals surface area (Å²) in [5.41, 5.74) is 1.22. The molecule has 0 spiro atoms. The summed E-state index contributed by atoms with van der Waals surface area (Å²) in [5, 5.41) is 2.42. The van der Waals surface area contributed by atoms with E-state index >= 15 is 0 Å². The van der Waals surface area contributed by atoms with Gasteiger partial charge in [0.25, 0.3) is 0 Å². The molecule has 0 unspecified atom stereocenters. The predicted molar refractivity (Wildman–Crippen MR) is 76.9 cm³/mol. The molecule has 3 nitrogen and oxygen atoms in total. The van der Waals surface area contributed by atoms with Crippen LogP contribution in [0.3, 0.4) is 0 Å². The first-order chi connectivity index (χ1) is 10.3. The number of amides is 1. The molecule has 0 saturated carbocycles. The molecule has 2 aromatic rings. The lowest BCUT2D eigenvalue weighted by Gasteiger charge is -2.09. The van der Waals surface area contributed by atoms with Crippen LogP contribution >= 0.6 is 11.8 Å². The molecule has 0 bridgehead atoms. The number of nitrogens with zero attached hydrogens (tertiary/aromatic N) is 1. The van der Waals surface area contributed by atoms with Crippen molar-refractivity contribution in [3.63, 3.8) is 0 Å². The van der Waals surface area contributed by atoms with Gasteiger partial charge in [0.1, 0.15) is 12.4 Å². The molecule has 1 heterocycles. The lowest BCUT2D eigenvalue weighted by Crippen LogP contribution is -2.34. The normalized spacial score (nSPS) is 11.6. The maximum absolute atomic E-state index is 13.5. The number of pyridine rings is 1. The summed E-state index contributed by atoms with van der Waals surface area (Å²) in [7, 11) is 0. The van der Waals surface area contributed by atoms with Gasteiger partial charge in [-0.15, -0.1) is 11.8 Å². The van der Waals surface area contributed by atoms with Crippen molar-refractivity contribution in [2.45, 2.75) is 11.9 Å². The lowest BCUT2D eigenvalue weighted by molar-refractivity contribution is -0.136. The fraction of sp³-hybridized carbons (Fsp3) is 0.286. The van der Waals surface area contributed by atoms with Crippen LogP contribution < -0.4 is 5.32 Å². The van der Waals surface area contributed by atoms with Gasteiger partial charge in [-0.3, -0.25) is 9.78 Å². The molecule has 1 N–H and O–H groups in total. The summed E-state index contributed by atoms with van der Waals surface area (Å²) in [6.07, 6.45) is -2.85. The number of hydrogen-bond acceptors (Lipinski definition) is 3. The van der Waals surface area contributed by atoms with Gasteiger partial charge < -0.3 is 5.32 Å². The van der Waals surface area contributed by atoms with Crippen molar-refractivity contribution in [1.82, 2.24) is 10.3 Å². The van der Waals surface area contributed by atoms with Gasteiger partial charge in [0.15, 0.2) is 0 Å². The van der Waals surface area contributed by atoms with E-state index in [4.69, 9.17) is 0 Å². The van der Waals surface area contributed by atoms with Crippen LogP contribution in [0.4, 0.5) is 17.6 Å². The second-order valence-electron chi connectivity index (χ2n) is 4.52. The van der Waals surface area contributed by atoms with Gasteiger partial charge in [0, 0.05) is 17.3 Å². The average Bonchev–Trinajstić information content (AvgIpc) is 2.44. The van der Waals surface area contributed by atoms with Gasteiger partial charge in [-0.1, -0.05) is 6.07 Å². The third-order valence-electron chi connectivity index (χ3n) is 2.73. The van der Waals surface area contributed by atoms with Crippen LogP contribution in [0.1, 0.15) is 5.56 Å². The number of halogens is 4. The Morgan fingerprint density at radius 2 is 2.09 bits per heavy atom. The Morgan fingerprint density at radius 1 is 1.32 bits per heavy atom. The molecule has 0 aliphatic carbocycles. The summed E-state index contributed by atoms with van der Waals surface area (Å²) in [5.74, 6) is -0.986. The fourth-order valence-electron chi connectivity index (χ4n) is 1.84. The monoisotopic (exact) mass is 332 g/mol. The highest BCUT2D eigenvalue weighted by atomic mass is 32.2. The number of aromatic nitrogens is 1. The SMILES string of the molecule is O=C(CSCc1cc(F)cc2cccnc12)NCC(F)(F)F. The molecule has 0 fully saturated rings. The number of thioether (sulfide) groups is 1. The number of benzene rings is 1. The van der Waals surface area contributed by atoms with Crippen LogP contribution in [0.25, 0.3) is 10.9 Å². The zero-order valence-corrected chi connectivity index (χ0v) is 12.1. The van der Waals surface area contributed by atoms with Crippen LogP contribution in [0.15, 0.2) is 30.5 Å². The van der Waals surface area contributed by atoms with Gasteiger partial charge in [-0.2, -0.15) is 13.2 Å². The van der Waals surface area contributed by atoms with Crippen molar-refractivity contribution in [3.8, 4) is 0 Å². The predicted octanol–water partition coefficient (Wildman–Crippen LogP) is 3.29. The zero-order chi connectivity index (χ0) is 16.2. The van der Waals surface area contributed by atoms with Crippen molar-refractivity contribution in [1.29, 1.82) is 0 Å². The van der Waals surface area contributed by atoms with Gasteiger partial charge >= 0.3 is 6.18 Å². The second-order valence-corrected chi connectivity index (χ2v) is 5.51. The molecule has 1 aromatic heterocycles. The molecule has 2 rings (SSSR count). The average molecular weight is 332 g/mol. The Labute approximate surface area is 128 Å². The van der Waals surface area contributed by atoms with E-state index in [1.807, 2.05) is 0 Å². The van der Waals surface area contributed by atoms with Crippen molar-refractivity contribution in [3.05, 3.63) is 41.8 Å². The van der Waals surface area contributed by atoms with Crippen molar-refractivity contribution < 1.29 is 22.4 Å².